The van der Waals surface area contributed by atoms with E-state index in [0.717, 1.165) is 4.88 Å². The van der Waals surface area contributed by atoms with Crippen LogP contribution in [0.5, 0.6) is 0 Å². The highest BCUT2D eigenvalue weighted by molar-refractivity contribution is 7.12. The maximum atomic E-state index is 12.3. The number of amides is 2. The average molecular weight is 378 g/mol. The predicted octanol–water partition coefficient (Wildman–Crippen LogP) is 1.88. The van der Waals surface area contributed by atoms with Gasteiger partial charge in [-0.2, -0.15) is 0 Å². The third-order valence-corrected chi connectivity index (χ3v) is 5.64. The van der Waals surface area contributed by atoms with Crippen molar-refractivity contribution >= 4 is 40.5 Å². The lowest BCUT2D eigenvalue weighted by atomic mass is 10.3. The number of carbonyl (C=O) groups excluding carboxylic acids is 3. The molecule has 3 rings (SSSR count). The third kappa shape index (κ3) is 4.67. The van der Waals surface area contributed by atoms with E-state index in [2.05, 4.69) is 0 Å². The van der Waals surface area contributed by atoms with E-state index in [1.165, 1.54) is 22.7 Å². The summed E-state index contributed by atoms with van der Waals surface area (Å²) in [4.78, 5) is 41.2. The molecule has 0 bridgehead atoms. The number of hydrogen-bond donors (Lipinski definition) is 0. The largest absolute Gasteiger partial charge is 0.455 e. The van der Waals surface area contributed by atoms with Gasteiger partial charge in [-0.15, -0.1) is 22.7 Å². The smallest absolute Gasteiger partial charge is 0.311 e. The molecule has 1 aliphatic rings. The van der Waals surface area contributed by atoms with E-state index in [0.29, 0.717) is 31.1 Å². The Bertz CT molecular complexity index is 720. The van der Waals surface area contributed by atoms with Gasteiger partial charge in [-0.25, -0.2) is 0 Å². The summed E-state index contributed by atoms with van der Waals surface area (Å²) in [5.74, 6) is -0.616. The summed E-state index contributed by atoms with van der Waals surface area (Å²) in [6.07, 6.45) is 0.189. The van der Waals surface area contributed by atoms with Crippen LogP contribution in [-0.2, 0) is 20.7 Å². The van der Waals surface area contributed by atoms with Crippen LogP contribution in [0.4, 0.5) is 0 Å². The summed E-state index contributed by atoms with van der Waals surface area (Å²) in [6, 6.07) is 7.38. The fourth-order valence-corrected chi connectivity index (χ4v) is 3.94. The lowest BCUT2D eigenvalue weighted by Gasteiger charge is -2.34. The minimum Gasteiger partial charge on any atom is -0.455 e. The molecule has 0 radical (unpaired) electrons. The molecule has 2 aromatic rings. The average Bonchev–Trinajstić information content (AvgIpc) is 3.33. The van der Waals surface area contributed by atoms with Gasteiger partial charge in [0.15, 0.2) is 6.61 Å². The maximum absolute atomic E-state index is 12.3. The first-order valence-electron chi connectivity index (χ1n) is 7.92. The molecule has 0 unspecified atom stereocenters. The Labute approximate surface area is 153 Å². The van der Waals surface area contributed by atoms with Crippen LogP contribution in [0, 0.1) is 0 Å². The van der Waals surface area contributed by atoms with Gasteiger partial charge in [0.05, 0.1) is 11.3 Å². The first-order valence-corrected chi connectivity index (χ1v) is 9.68. The van der Waals surface area contributed by atoms with Gasteiger partial charge in [0.2, 0.25) is 0 Å². The van der Waals surface area contributed by atoms with Crippen LogP contribution in [0.15, 0.2) is 35.0 Å². The van der Waals surface area contributed by atoms with E-state index in [9.17, 15) is 14.4 Å². The van der Waals surface area contributed by atoms with Crippen LogP contribution in [0.3, 0.4) is 0 Å². The number of carbonyl (C=O) groups is 3. The van der Waals surface area contributed by atoms with Gasteiger partial charge in [0.1, 0.15) is 0 Å². The van der Waals surface area contributed by atoms with E-state index < -0.39 is 5.97 Å². The van der Waals surface area contributed by atoms with Crippen molar-refractivity contribution in [1.29, 1.82) is 0 Å². The molecular formula is C17H18N2O4S2. The molecule has 8 heteroatoms. The summed E-state index contributed by atoms with van der Waals surface area (Å²) in [5.41, 5.74) is 0. The van der Waals surface area contributed by atoms with Crippen LogP contribution < -0.4 is 0 Å². The molecule has 2 amide bonds. The fourth-order valence-electron chi connectivity index (χ4n) is 2.55. The number of rotatable bonds is 5. The quantitative estimate of drug-likeness (QED) is 0.745. The summed E-state index contributed by atoms with van der Waals surface area (Å²) < 4.78 is 5.06. The number of piperazine rings is 1. The summed E-state index contributed by atoms with van der Waals surface area (Å²) in [5, 5.41) is 3.77. The zero-order valence-corrected chi connectivity index (χ0v) is 15.2. The Hall–Kier alpha value is -2.19. The minimum atomic E-state index is -0.401. The third-order valence-electron chi connectivity index (χ3n) is 3.91. The van der Waals surface area contributed by atoms with Crippen molar-refractivity contribution in [2.75, 3.05) is 32.8 Å². The molecule has 1 aliphatic heterocycles. The number of thiophene rings is 2. The van der Waals surface area contributed by atoms with E-state index in [-0.39, 0.29) is 24.8 Å². The van der Waals surface area contributed by atoms with Crippen molar-refractivity contribution in [1.82, 2.24) is 9.80 Å². The fraction of sp³-hybridized carbons (Fsp3) is 0.353. The number of hydrogen-bond acceptors (Lipinski definition) is 6. The zero-order valence-electron chi connectivity index (χ0n) is 13.6. The van der Waals surface area contributed by atoms with Gasteiger partial charge in [-0.05, 0) is 22.9 Å². The number of nitrogens with zero attached hydrogens (tertiary/aromatic N) is 2. The second-order valence-electron chi connectivity index (χ2n) is 5.57. The minimum absolute atomic E-state index is 0.00414. The van der Waals surface area contributed by atoms with Gasteiger partial charge in [0, 0.05) is 31.1 Å². The molecule has 2 aromatic heterocycles. The van der Waals surface area contributed by atoms with E-state index in [1.54, 1.807) is 15.9 Å². The highest BCUT2D eigenvalue weighted by Gasteiger charge is 2.25. The topological polar surface area (TPSA) is 66.9 Å². The molecule has 3 heterocycles. The van der Waals surface area contributed by atoms with Crippen LogP contribution in [0.25, 0.3) is 0 Å². The molecular weight excluding hydrogens is 360 g/mol. The molecule has 1 fully saturated rings. The normalized spacial score (nSPS) is 14.4. The lowest BCUT2D eigenvalue weighted by Crippen LogP contribution is -2.51. The SMILES string of the molecule is O=C(Cc1cccs1)OCC(=O)N1CCN(C(=O)c2cccs2)CC1. The van der Waals surface area contributed by atoms with E-state index in [4.69, 9.17) is 4.74 Å². The van der Waals surface area contributed by atoms with Crippen molar-refractivity contribution in [3.05, 3.63) is 44.8 Å². The molecule has 1 saturated heterocycles. The van der Waals surface area contributed by atoms with Crippen molar-refractivity contribution in [2.45, 2.75) is 6.42 Å². The first kappa shape index (κ1) is 17.6. The number of esters is 1. The van der Waals surface area contributed by atoms with E-state index >= 15 is 0 Å². The molecule has 0 atom stereocenters. The van der Waals surface area contributed by atoms with Crippen molar-refractivity contribution in [2.24, 2.45) is 0 Å². The summed E-state index contributed by atoms with van der Waals surface area (Å²) in [6.45, 7) is 1.65. The Kier molecular flexibility index (Phi) is 5.83. The predicted molar refractivity (Wildman–Crippen MR) is 95.8 cm³/mol. The first-order chi connectivity index (χ1) is 12.1. The van der Waals surface area contributed by atoms with E-state index in [1.807, 2.05) is 29.0 Å². The Morgan fingerprint density at radius 1 is 0.960 bits per heavy atom. The molecule has 25 heavy (non-hydrogen) atoms. The lowest BCUT2D eigenvalue weighted by molar-refractivity contribution is -0.152. The van der Waals surface area contributed by atoms with Crippen molar-refractivity contribution in [3.8, 4) is 0 Å². The van der Waals surface area contributed by atoms with Gasteiger partial charge in [-0.3, -0.25) is 14.4 Å². The Morgan fingerprint density at radius 2 is 1.64 bits per heavy atom. The van der Waals surface area contributed by atoms with Crippen molar-refractivity contribution < 1.29 is 19.1 Å². The molecule has 0 N–H and O–H groups in total. The van der Waals surface area contributed by atoms with Crippen LogP contribution in [-0.4, -0.2) is 60.4 Å². The standard InChI is InChI=1S/C17H18N2O4S2/c20-15(12-23-16(21)11-13-3-1-9-24-13)18-5-7-19(8-6-18)17(22)14-4-2-10-25-14/h1-4,9-10H,5-8,11-12H2. The van der Waals surface area contributed by atoms with Gasteiger partial charge in [0.25, 0.3) is 11.8 Å². The van der Waals surface area contributed by atoms with Crippen molar-refractivity contribution in [3.63, 3.8) is 0 Å². The second-order valence-corrected chi connectivity index (χ2v) is 7.55. The summed E-state index contributed by atoms with van der Waals surface area (Å²) in [7, 11) is 0. The Balaban J connectivity index is 1.41. The van der Waals surface area contributed by atoms with Crippen LogP contribution in [0.1, 0.15) is 14.5 Å². The van der Waals surface area contributed by atoms with Crippen LogP contribution >= 0.6 is 22.7 Å². The summed E-state index contributed by atoms with van der Waals surface area (Å²) >= 11 is 2.90. The second kappa shape index (κ2) is 8.26. The molecule has 0 aromatic carbocycles. The molecule has 0 aliphatic carbocycles. The highest BCUT2D eigenvalue weighted by atomic mass is 32.1. The molecule has 0 saturated carbocycles. The molecule has 132 valence electrons. The van der Waals surface area contributed by atoms with Gasteiger partial charge >= 0.3 is 5.97 Å². The molecule has 6 nitrogen and oxygen atoms in total. The highest BCUT2D eigenvalue weighted by Crippen LogP contribution is 2.14. The zero-order chi connectivity index (χ0) is 17.6. The number of ether oxygens (including phenoxy) is 1. The monoisotopic (exact) mass is 378 g/mol. The molecule has 0 spiro atoms. The van der Waals surface area contributed by atoms with Gasteiger partial charge < -0.3 is 14.5 Å². The van der Waals surface area contributed by atoms with Gasteiger partial charge in [-0.1, -0.05) is 12.1 Å². The Morgan fingerprint density at radius 3 is 2.28 bits per heavy atom. The maximum Gasteiger partial charge on any atom is 0.311 e. The van der Waals surface area contributed by atoms with Crippen LogP contribution in [0.2, 0.25) is 0 Å².